The summed E-state index contributed by atoms with van der Waals surface area (Å²) in [6, 6.07) is 8.39. The number of anilines is 2. The van der Waals surface area contributed by atoms with E-state index in [1.165, 1.54) is 16.8 Å². The van der Waals surface area contributed by atoms with Crippen LogP contribution in [0.15, 0.2) is 24.3 Å². The lowest BCUT2D eigenvalue weighted by molar-refractivity contribution is 0.750. The molecule has 0 radical (unpaired) electrons. The molecule has 0 aliphatic rings. The van der Waals surface area contributed by atoms with Crippen LogP contribution in [0.3, 0.4) is 0 Å². The Bertz CT molecular complexity index is 560. The van der Waals surface area contributed by atoms with Gasteiger partial charge in [-0.15, -0.1) is 0 Å². The Kier molecular flexibility index (Phi) is 3.76. The van der Waals surface area contributed by atoms with E-state index >= 15 is 0 Å². The molecule has 1 heterocycles. The van der Waals surface area contributed by atoms with Crippen molar-refractivity contribution in [2.45, 2.75) is 19.2 Å². The molecule has 2 aromatic rings. The summed E-state index contributed by atoms with van der Waals surface area (Å²) in [7, 11) is 4.08. The third-order valence-electron chi connectivity index (χ3n) is 3.24. The van der Waals surface area contributed by atoms with Gasteiger partial charge in [-0.05, 0) is 25.5 Å². The Hall–Kier alpha value is -1.29. The van der Waals surface area contributed by atoms with Gasteiger partial charge in [-0.25, -0.2) is 0 Å². The molecule has 0 saturated carbocycles. The molecule has 1 aromatic carbocycles. The minimum Gasteiger partial charge on any atom is -0.329 e. The number of hydrogen-bond donors (Lipinski definition) is 0. The van der Waals surface area contributed by atoms with Crippen molar-refractivity contribution in [3.8, 4) is 0 Å². The fraction of sp³-hybridized carbons (Fsp3) is 0.357. The molecule has 0 N–H and O–H groups in total. The third-order valence-corrected chi connectivity index (χ3v) is 3.80. The molecular formula is C14H18BrN3. The van der Waals surface area contributed by atoms with Crippen LogP contribution in [-0.2, 0) is 12.4 Å². The molecule has 1 aromatic heterocycles. The van der Waals surface area contributed by atoms with Gasteiger partial charge < -0.3 is 4.90 Å². The predicted molar refractivity (Wildman–Crippen MR) is 79.8 cm³/mol. The molecule has 96 valence electrons. The predicted octanol–water partition coefficient (Wildman–Crippen LogP) is 3.70. The van der Waals surface area contributed by atoms with Crippen molar-refractivity contribution in [3.05, 3.63) is 41.1 Å². The van der Waals surface area contributed by atoms with Crippen molar-refractivity contribution in [1.82, 2.24) is 9.78 Å². The quantitative estimate of drug-likeness (QED) is 0.806. The highest BCUT2D eigenvalue weighted by Gasteiger charge is 2.17. The lowest BCUT2D eigenvalue weighted by Crippen LogP contribution is -2.16. The summed E-state index contributed by atoms with van der Waals surface area (Å²) in [4.78, 5) is 2.20. The van der Waals surface area contributed by atoms with Gasteiger partial charge in [-0.2, -0.15) is 5.10 Å². The van der Waals surface area contributed by atoms with Crippen LogP contribution in [0.1, 0.15) is 16.8 Å². The van der Waals surface area contributed by atoms with Crippen LogP contribution in [-0.4, -0.2) is 16.8 Å². The average Bonchev–Trinajstić information content (AvgIpc) is 2.63. The highest BCUT2D eigenvalue weighted by atomic mass is 79.9. The zero-order valence-corrected chi connectivity index (χ0v) is 12.8. The molecule has 0 fully saturated rings. The average molecular weight is 308 g/mol. The van der Waals surface area contributed by atoms with E-state index in [-0.39, 0.29) is 0 Å². The number of halogens is 1. The first-order chi connectivity index (χ1) is 8.56. The Labute approximate surface area is 117 Å². The van der Waals surface area contributed by atoms with Gasteiger partial charge in [-0.1, -0.05) is 34.1 Å². The van der Waals surface area contributed by atoms with Gasteiger partial charge in [0.05, 0.1) is 5.69 Å². The van der Waals surface area contributed by atoms with Crippen LogP contribution < -0.4 is 4.90 Å². The van der Waals surface area contributed by atoms with Crippen molar-refractivity contribution in [3.63, 3.8) is 0 Å². The summed E-state index contributed by atoms with van der Waals surface area (Å²) in [6.07, 6.45) is 0. The van der Waals surface area contributed by atoms with E-state index in [0.717, 1.165) is 16.8 Å². The SMILES string of the molecule is Cc1ccccc1N(C)c1c(CBr)c(C)nn1C. The fourth-order valence-corrected chi connectivity index (χ4v) is 2.98. The second-order valence-corrected chi connectivity index (χ2v) is 5.05. The van der Waals surface area contributed by atoms with Crippen LogP contribution in [0.2, 0.25) is 0 Å². The molecule has 0 amide bonds. The van der Waals surface area contributed by atoms with E-state index in [9.17, 15) is 0 Å². The standard InChI is InChI=1S/C14H18BrN3/c1-10-7-5-6-8-13(10)17(3)14-12(9-15)11(2)16-18(14)4/h5-8H,9H2,1-4H3. The zero-order chi connectivity index (χ0) is 13.3. The van der Waals surface area contributed by atoms with Gasteiger partial charge in [0.15, 0.2) is 0 Å². The summed E-state index contributed by atoms with van der Waals surface area (Å²) >= 11 is 3.55. The summed E-state index contributed by atoms with van der Waals surface area (Å²) in [5.41, 5.74) is 4.79. The van der Waals surface area contributed by atoms with Crippen molar-refractivity contribution in [2.24, 2.45) is 7.05 Å². The molecule has 4 heteroatoms. The van der Waals surface area contributed by atoms with E-state index in [4.69, 9.17) is 0 Å². The van der Waals surface area contributed by atoms with Crippen LogP contribution in [0, 0.1) is 13.8 Å². The van der Waals surface area contributed by atoms with Crippen molar-refractivity contribution in [2.75, 3.05) is 11.9 Å². The second-order valence-electron chi connectivity index (χ2n) is 4.49. The van der Waals surface area contributed by atoms with Crippen molar-refractivity contribution < 1.29 is 0 Å². The Morgan fingerprint density at radius 3 is 2.56 bits per heavy atom. The molecule has 2 rings (SSSR count). The molecule has 18 heavy (non-hydrogen) atoms. The molecule has 0 aliphatic heterocycles. The summed E-state index contributed by atoms with van der Waals surface area (Å²) < 4.78 is 1.94. The smallest absolute Gasteiger partial charge is 0.135 e. The summed E-state index contributed by atoms with van der Waals surface area (Å²) in [5, 5.41) is 5.32. The second kappa shape index (κ2) is 5.14. The Balaban J connectivity index is 2.53. The lowest BCUT2D eigenvalue weighted by atomic mass is 10.1. The number of hydrogen-bond acceptors (Lipinski definition) is 2. The first-order valence-electron chi connectivity index (χ1n) is 5.94. The first kappa shape index (κ1) is 13.1. The Morgan fingerprint density at radius 1 is 1.28 bits per heavy atom. The van der Waals surface area contributed by atoms with Gasteiger partial charge in [0.1, 0.15) is 5.82 Å². The number of alkyl halides is 1. The minimum atomic E-state index is 0.818. The fourth-order valence-electron chi connectivity index (χ4n) is 2.32. The van der Waals surface area contributed by atoms with E-state index < -0.39 is 0 Å². The molecule has 0 spiro atoms. The van der Waals surface area contributed by atoms with Crippen LogP contribution in [0.4, 0.5) is 11.5 Å². The van der Waals surface area contributed by atoms with E-state index in [1.807, 2.05) is 18.7 Å². The minimum absolute atomic E-state index is 0.818. The van der Waals surface area contributed by atoms with Crippen LogP contribution in [0.5, 0.6) is 0 Å². The number of aromatic nitrogens is 2. The maximum Gasteiger partial charge on any atom is 0.135 e. The molecule has 0 bridgehead atoms. The third kappa shape index (κ3) is 2.17. The molecule has 0 unspecified atom stereocenters. The highest BCUT2D eigenvalue weighted by Crippen LogP contribution is 2.31. The number of aryl methyl sites for hydroxylation is 3. The summed E-state index contributed by atoms with van der Waals surface area (Å²) in [5.74, 6) is 1.14. The van der Waals surface area contributed by atoms with Gasteiger partial charge in [-0.3, -0.25) is 4.68 Å². The van der Waals surface area contributed by atoms with Gasteiger partial charge in [0.25, 0.3) is 0 Å². The normalized spacial score (nSPS) is 10.7. The van der Waals surface area contributed by atoms with Gasteiger partial charge in [0, 0.05) is 30.7 Å². The van der Waals surface area contributed by atoms with Crippen LogP contribution >= 0.6 is 15.9 Å². The molecule has 0 saturated heterocycles. The van der Waals surface area contributed by atoms with Crippen molar-refractivity contribution >= 4 is 27.4 Å². The molecule has 0 aliphatic carbocycles. The number of para-hydroxylation sites is 1. The van der Waals surface area contributed by atoms with Crippen molar-refractivity contribution in [1.29, 1.82) is 0 Å². The van der Waals surface area contributed by atoms with Gasteiger partial charge in [0.2, 0.25) is 0 Å². The molecule has 0 atom stereocenters. The van der Waals surface area contributed by atoms with E-state index in [2.05, 4.69) is 64.2 Å². The van der Waals surface area contributed by atoms with Crippen LogP contribution in [0.25, 0.3) is 0 Å². The number of rotatable bonds is 3. The topological polar surface area (TPSA) is 21.1 Å². The number of benzene rings is 1. The monoisotopic (exact) mass is 307 g/mol. The molecule has 3 nitrogen and oxygen atoms in total. The summed E-state index contributed by atoms with van der Waals surface area (Å²) in [6.45, 7) is 4.18. The largest absolute Gasteiger partial charge is 0.329 e. The number of nitrogens with zero attached hydrogens (tertiary/aromatic N) is 3. The van der Waals surface area contributed by atoms with E-state index in [0.29, 0.717) is 0 Å². The van der Waals surface area contributed by atoms with E-state index in [1.54, 1.807) is 0 Å². The lowest BCUT2D eigenvalue weighted by Gasteiger charge is -2.22. The zero-order valence-electron chi connectivity index (χ0n) is 11.2. The Morgan fingerprint density at radius 2 is 1.94 bits per heavy atom. The van der Waals surface area contributed by atoms with Gasteiger partial charge >= 0.3 is 0 Å². The molecular weight excluding hydrogens is 290 g/mol. The first-order valence-corrected chi connectivity index (χ1v) is 7.06. The maximum atomic E-state index is 4.50. The maximum absolute atomic E-state index is 4.50. The highest BCUT2D eigenvalue weighted by molar-refractivity contribution is 9.08.